The van der Waals surface area contributed by atoms with Crippen molar-refractivity contribution in [2.75, 3.05) is 0 Å². The van der Waals surface area contributed by atoms with Crippen LogP contribution in [0.3, 0.4) is 0 Å². The van der Waals surface area contributed by atoms with Gasteiger partial charge in [0.05, 0.1) is 5.41 Å². The molecule has 0 bridgehead atoms. The lowest BCUT2D eigenvalue weighted by molar-refractivity contribution is -0.171. The monoisotopic (exact) mass is 268 g/mol. The Morgan fingerprint density at radius 3 is 2.11 bits per heavy atom. The van der Waals surface area contributed by atoms with Crippen LogP contribution >= 0.6 is 0 Å². The van der Waals surface area contributed by atoms with E-state index in [1.165, 1.54) is 12.8 Å². The fourth-order valence-electron chi connectivity index (χ4n) is 3.56. The van der Waals surface area contributed by atoms with Gasteiger partial charge in [0.25, 0.3) is 0 Å². The van der Waals surface area contributed by atoms with Crippen molar-refractivity contribution in [3.8, 4) is 0 Å². The molecule has 19 heavy (non-hydrogen) atoms. The molecular formula is C17H32O2. The first-order valence-electron chi connectivity index (χ1n) is 7.84. The Bertz CT molecular complexity index is 308. The summed E-state index contributed by atoms with van der Waals surface area (Å²) < 4.78 is 5.92. The van der Waals surface area contributed by atoms with Crippen molar-refractivity contribution in [3.63, 3.8) is 0 Å². The zero-order chi connectivity index (χ0) is 14.7. The van der Waals surface area contributed by atoms with Crippen LogP contribution in [0.25, 0.3) is 0 Å². The standard InChI is InChI=1S/C17H32O2/c1-7-10-16(5,13-15(2,3)4)14(18)19-17(6)11-8-9-12-17/h7-13H2,1-6H3. The van der Waals surface area contributed by atoms with Crippen molar-refractivity contribution in [3.05, 3.63) is 0 Å². The molecule has 1 rings (SSSR count). The molecule has 0 saturated heterocycles. The highest BCUT2D eigenvalue weighted by Gasteiger charge is 2.42. The maximum absolute atomic E-state index is 12.7. The normalized spacial score (nSPS) is 22.0. The summed E-state index contributed by atoms with van der Waals surface area (Å²) >= 11 is 0. The molecule has 2 nitrogen and oxygen atoms in total. The van der Waals surface area contributed by atoms with Crippen LogP contribution in [-0.4, -0.2) is 11.6 Å². The lowest BCUT2D eigenvalue weighted by Crippen LogP contribution is -2.39. The van der Waals surface area contributed by atoms with Gasteiger partial charge in [-0.05, 0) is 57.8 Å². The van der Waals surface area contributed by atoms with Gasteiger partial charge in [-0.2, -0.15) is 0 Å². The minimum atomic E-state index is -0.335. The molecular weight excluding hydrogens is 236 g/mol. The van der Waals surface area contributed by atoms with Crippen LogP contribution in [0.2, 0.25) is 0 Å². The first-order valence-corrected chi connectivity index (χ1v) is 7.84. The van der Waals surface area contributed by atoms with Crippen molar-refractivity contribution < 1.29 is 9.53 Å². The molecule has 1 fully saturated rings. The van der Waals surface area contributed by atoms with E-state index in [4.69, 9.17) is 4.74 Å². The highest BCUT2D eigenvalue weighted by Crippen LogP contribution is 2.41. The zero-order valence-electron chi connectivity index (χ0n) is 13.8. The summed E-state index contributed by atoms with van der Waals surface area (Å²) in [5.74, 6) is 0.0219. The summed E-state index contributed by atoms with van der Waals surface area (Å²) in [6.07, 6.45) is 7.26. The Morgan fingerprint density at radius 1 is 1.16 bits per heavy atom. The number of rotatable bonds is 5. The molecule has 0 aliphatic heterocycles. The molecule has 0 heterocycles. The SMILES string of the molecule is CCCC(C)(CC(C)(C)C)C(=O)OC1(C)CCCC1. The van der Waals surface area contributed by atoms with Crippen LogP contribution in [0.5, 0.6) is 0 Å². The summed E-state index contributed by atoms with van der Waals surface area (Å²) in [5, 5.41) is 0. The average molecular weight is 268 g/mol. The molecule has 0 aromatic rings. The molecule has 0 amide bonds. The zero-order valence-corrected chi connectivity index (χ0v) is 13.8. The van der Waals surface area contributed by atoms with Crippen molar-refractivity contribution >= 4 is 5.97 Å². The molecule has 0 aromatic heterocycles. The Balaban J connectivity index is 2.77. The van der Waals surface area contributed by atoms with Gasteiger partial charge in [0.15, 0.2) is 0 Å². The molecule has 1 aliphatic carbocycles. The predicted molar refractivity (Wildman–Crippen MR) is 80.1 cm³/mol. The van der Waals surface area contributed by atoms with E-state index in [1.54, 1.807) is 0 Å². The highest BCUT2D eigenvalue weighted by molar-refractivity contribution is 5.77. The van der Waals surface area contributed by atoms with Crippen LogP contribution in [-0.2, 0) is 9.53 Å². The Morgan fingerprint density at radius 2 is 1.68 bits per heavy atom. The van der Waals surface area contributed by atoms with E-state index >= 15 is 0 Å². The van der Waals surface area contributed by atoms with E-state index in [0.29, 0.717) is 0 Å². The molecule has 1 aliphatic rings. The van der Waals surface area contributed by atoms with E-state index in [9.17, 15) is 4.79 Å². The largest absolute Gasteiger partial charge is 0.459 e. The van der Waals surface area contributed by atoms with Crippen LogP contribution in [0.15, 0.2) is 0 Å². The van der Waals surface area contributed by atoms with Crippen LogP contribution in [0.1, 0.15) is 86.5 Å². The number of carbonyl (C=O) groups is 1. The third-order valence-electron chi connectivity index (χ3n) is 4.22. The Labute approximate surface area is 119 Å². The Kier molecular flexibility index (Phi) is 5.08. The number of hydrogen-bond donors (Lipinski definition) is 0. The van der Waals surface area contributed by atoms with Gasteiger partial charge in [0.2, 0.25) is 0 Å². The smallest absolute Gasteiger partial charge is 0.312 e. The second kappa shape index (κ2) is 5.85. The van der Waals surface area contributed by atoms with Crippen molar-refractivity contribution in [2.24, 2.45) is 10.8 Å². The number of esters is 1. The third kappa shape index (κ3) is 4.81. The number of hydrogen-bond acceptors (Lipinski definition) is 2. The molecule has 1 unspecified atom stereocenters. The lowest BCUT2D eigenvalue weighted by atomic mass is 9.72. The van der Waals surface area contributed by atoms with Gasteiger partial charge in [-0.25, -0.2) is 0 Å². The molecule has 1 saturated carbocycles. The maximum atomic E-state index is 12.7. The van der Waals surface area contributed by atoms with Gasteiger partial charge in [0, 0.05) is 0 Å². The van der Waals surface area contributed by atoms with E-state index < -0.39 is 0 Å². The van der Waals surface area contributed by atoms with Crippen molar-refractivity contribution in [2.45, 2.75) is 92.1 Å². The summed E-state index contributed by atoms with van der Waals surface area (Å²) in [5.41, 5.74) is -0.387. The summed E-state index contributed by atoms with van der Waals surface area (Å²) in [7, 11) is 0. The molecule has 0 aromatic carbocycles. The average Bonchev–Trinajstić information content (AvgIpc) is 2.62. The Hall–Kier alpha value is -0.530. The molecule has 0 N–H and O–H groups in total. The van der Waals surface area contributed by atoms with Gasteiger partial charge < -0.3 is 4.74 Å². The van der Waals surface area contributed by atoms with Gasteiger partial charge in [-0.3, -0.25) is 4.79 Å². The third-order valence-corrected chi connectivity index (χ3v) is 4.22. The first kappa shape index (κ1) is 16.5. The molecule has 0 spiro atoms. The summed E-state index contributed by atoms with van der Waals surface area (Å²) in [6.45, 7) is 12.9. The second-order valence-electron chi connectivity index (χ2n) is 8.09. The van der Waals surface area contributed by atoms with Crippen molar-refractivity contribution in [1.29, 1.82) is 0 Å². The molecule has 2 heteroatoms. The predicted octanol–water partition coefficient (Wildman–Crippen LogP) is 5.10. The minimum absolute atomic E-state index is 0.0219. The summed E-state index contributed by atoms with van der Waals surface area (Å²) in [6, 6.07) is 0. The van der Waals surface area contributed by atoms with Crippen LogP contribution < -0.4 is 0 Å². The molecule has 112 valence electrons. The topological polar surface area (TPSA) is 26.3 Å². The van der Waals surface area contributed by atoms with Gasteiger partial charge in [0.1, 0.15) is 5.60 Å². The number of carbonyl (C=O) groups excluding carboxylic acids is 1. The second-order valence-corrected chi connectivity index (χ2v) is 8.09. The van der Waals surface area contributed by atoms with E-state index in [0.717, 1.165) is 32.1 Å². The molecule has 1 atom stereocenters. The first-order chi connectivity index (χ1) is 8.60. The fourth-order valence-corrected chi connectivity index (χ4v) is 3.56. The van der Waals surface area contributed by atoms with Gasteiger partial charge in [-0.1, -0.05) is 34.1 Å². The lowest BCUT2D eigenvalue weighted by Gasteiger charge is -2.36. The van der Waals surface area contributed by atoms with Crippen molar-refractivity contribution in [1.82, 2.24) is 0 Å². The van der Waals surface area contributed by atoms with Gasteiger partial charge >= 0.3 is 5.97 Å². The summed E-state index contributed by atoms with van der Waals surface area (Å²) in [4.78, 5) is 12.7. The maximum Gasteiger partial charge on any atom is 0.312 e. The van der Waals surface area contributed by atoms with E-state index in [1.807, 2.05) is 0 Å². The van der Waals surface area contributed by atoms with Gasteiger partial charge in [-0.15, -0.1) is 0 Å². The minimum Gasteiger partial charge on any atom is -0.459 e. The number of ether oxygens (including phenoxy) is 1. The molecule has 0 radical (unpaired) electrons. The van der Waals surface area contributed by atoms with E-state index in [-0.39, 0.29) is 22.4 Å². The van der Waals surface area contributed by atoms with Crippen LogP contribution in [0.4, 0.5) is 0 Å². The van der Waals surface area contributed by atoms with E-state index in [2.05, 4.69) is 41.5 Å². The van der Waals surface area contributed by atoms with Crippen LogP contribution in [0, 0.1) is 10.8 Å². The highest BCUT2D eigenvalue weighted by atomic mass is 16.6. The quantitative estimate of drug-likeness (QED) is 0.648. The fraction of sp³-hybridized carbons (Fsp3) is 0.941.